The molecule has 1 aromatic carbocycles. The third-order valence-electron chi connectivity index (χ3n) is 4.29. The normalized spacial score (nSPS) is 19.2. The maximum absolute atomic E-state index is 3.70. The van der Waals surface area contributed by atoms with Gasteiger partial charge in [-0.3, -0.25) is 4.90 Å². The summed E-state index contributed by atoms with van der Waals surface area (Å²) in [6, 6.07) is 13.6. The van der Waals surface area contributed by atoms with Crippen molar-refractivity contribution in [2.75, 3.05) is 13.1 Å². The quantitative estimate of drug-likeness (QED) is 0.879. The third-order valence-corrected chi connectivity index (χ3v) is 4.29. The van der Waals surface area contributed by atoms with Gasteiger partial charge in [-0.05, 0) is 30.5 Å². The standard InChI is InChI=1S/C18H25N3/c1-2-20-10-8-17(14-20)12-19-18-9-11-21(15-18)13-16-6-4-3-5-7-16/h3-8,10,14,18-19H,2,9,11-13,15H2,1H3. The molecule has 1 aliphatic heterocycles. The van der Waals surface area contributed by atoms with E-state index >= 15 is 0 Å². The van der Waals surface area contributed by atoms with Crippen molar-refractivity contribution < 1.29 is 0 Å². The van der Waals surface area contributed by atoms with E-state index in [-0.39, 0.29) is 0 Å². The molecule has 3 rings (SSSR count). The second-order valence-corrected chi connectivity index (χ2v) is 5.94. The monoisotopic (exact) mass is 283 g/mol. The van der Waals surface area contributed by atoms with Gasteiger partial charge in [-0.25, -0.2) is 0 Å². The minimum atomic E-state index is 0.624. The van der Waals surface area contributed by atoms with Crippen molar-refractivity contribution in [1.82, 2.24) is 14.8 Å². The minimum Gasteiger partial charge on any atom is -0.354 e. The molecule has 1 unspecified atom stereocenters. The van der Waals surface area contributed by atoms with Crippen LogP contribution in [0, 0.1) is 0 Å². The summed E-state index contributed by atoms with van der Waals surface area (Å²) in [5.41, 5.74) is 2.80. The first-order chi connectivity index (χ1) is 10.3. The molecule has 21 heavy (non-hydrogen) atoms. The van der Waals surface area contributed by atoms with Crippen LogP contribution in [0.4, 0.5) is 0 Å². The van der Waals surface area contributed by atoms with Crippen molar-refractivity contribution in [3.8, 4) is 0 Å². The lowest BCUT2D eigenvalue weighted by Crippen LogP contribution is -2.31. The van der Waals surface area contributed by atoms with Crippen molar-refractivity contribution in [2.45, 2.75) is 39.0 Å². The highest BCUT2D eigenvalue weighted by Gasteiger charge is 2.21. The molecule has 1 N–H and O–H groups in total. The van der Waals surface area contributed by atoms with Gasteiger partial charge in [0.15, 0.2) is 0 Å². The van der Waals surface area contributed by atoms with Crippen LogP contribution in [0.1, 0.15) is 24.5 Å². The van der Waals surface area contributed by atoms with Crippen LogP contribution in [0.5, 0.6) is 0 Å². The summed E-state index contributed by atoms with van der Waals surface area (Å²) < 4.78 is 2.23. The van der Waals surface area contributed by atoms with Crippen LogP contribution < -0.4 is 5.32 Å². The fourth-order valence-electron chi connectivity index (χ4n) is 3.04. The van der Waals surface area contributed by atoms with Crippen molar-refractivity contribution in [1.29, 1.82) is 0 Å². The number of likely N-dealkylation sites (tertiary alicyclic amines) is 1. The smallest absolute Gasteiger partial charge is 0.0234 e. The molecular weight excluding hydrogens is 258 g/mol. The van der Waals surface area contributed by atoms with Crippen LogP contribution in [0.3, 0.4) is 0 Å². The summed E-state index contributed by atoms with van der Waals surface area (Å²) in [5, 5.41) is 3.70. The molecule has 1 fully saturated rings. The van der Waals surface area contributed by atoms with Crippen molar-refractivity contribution in [3.63, 3.8) is 0 Å². The Hall–Kier alpha value is -1.58. The zero-order valence-corrected chi connectivity index (χ0v) is 12.8. The van der Waals surface area contributed by atoms with Gasteiger partial charge in [-0.15, -0.1) is 0 Å². The van der Waals surface area contributed by atoms with E-state index in [0.717, 1.165) is 26.2 Å². The van der Waals surface area contributed by atoms with Gasteiger partial charge >= 0.3 is 0 Å². The van der Waals surface area contributed by atoms with Crippen LogP contribution >= 0.6 is 0 Å². The Morgan fingerprint density at radius 1 is 1.14 bits per heavy atom. The minimum absolute atomic E-state index is 0.624. The number of hydrogen-bond acceptors (Lipinski definition) is 2. The Morgan fingerprint density at radius 3 is 2.76 bits per heavy atom. The molecule has 2 heterocycles. The topological polar surface area (TPSA) is 20.2 Å². The van der Waals surface area contributed by atoms with E-state index in [1.165, 1.54) is 24.1 Å². The number of nitrogens with zero attached hydrogens (tertiary/aromatic N) is 2. The molecule has 3 nitrogen and oxygen atoms in total. The lowest BCUT2D eigenvalue weighted by Gasteiger charge is -2.16. The van der Waals surface area contributed by atoms with Gasteiger partial charge in [-0.2, -0.15) is 0 Å². The summed E-state index contributed by atoms with van der Waals surface area (Å²) in [7, 11) is 0. The van der Waals surface area contributed by atoms with Crippen molar-refractivity contribution in [2.24, 2.45) is 0 Å². The zero-order chi connectivity index (χ0) is 14.5. The average molecular weight is 283 g/mol. The SMILES string of the molecule is CCn1ccc(CNC2CCN(Cc3ccccc3)C2)c1. The number of aromatic nitrogens is 1. The van der Waals surface area contributed by atoms with Crippen LogP contribution in [-0.4, -0.2) is 28.6 Å². The molecular formula is C18H25N3. The molecule has 0 amide bonds. The third kappa shape index (κ3) is 3.96. The lowest BCUT2D eigenvalue weighted by atomic mass is 10.2. The molecule has 1 aliphatic rings. The Labute approximate surface area is 127 Å². The van der Waals surface area contributed by atoms with E-state index in [1.54, 1.807) is 0 Å². The van der Waals surface area contributed by atoms with Crippen molar-refractivity contribution >= 4 is 0 Å². The van der Waals surface area contributed by atoms with E-state index in [2.05, 4.69) is 70.5 Å². The largest absolute Gasteiger partial charge is 0.354 e. The Bertz CT molecular complexity index is 547. The highest BCUT2D eigenvalue weighted by Crippen LogP contribution is 2.14. The van der Waals surface area contributed by atoms with Crippen LogP contribution in [0.25, 0.3) is 0 Å². The Balaban J connectivity index is 1.44. The number of rotatable bonds is 6. The van der Waals surface area contributed by atoms with Crippen LogP contribution in [-0.2, 0) is 19.6 Å². The summed E-state index contributed by atoms with van der Waals surface area (Å²) in [5.74, 6) is 0. The second kappa shape index (κ2) is 6.92. The maximum atomic E-state index is 3.70. The molecule has 0 aliphatic carbocycles. The lowest BCUT2D eigenvalue weighted by molar-refractivity contribution is 0.320. The number of hydrogen-bond donors (Lipinski definition) is 1. The second-order valence-electron chi connectivity index (χ2n) is 5.94. The molecule has 1 saturated heterocycles. The van der Waals surface area contributed by atoms with Crippen LogP contribution in [0.15, 0.2) is 48.8 Å². The number of benzene rings is 1. The van der Waals surface area contributed by atoms with E-state index in [4.69, 9.17) is 0 Å². The zero-order valence-electron chi connectivity index (χ0n) is 12.8. The van der Waals surface area contributed by atoms with Gasteiger partial charge < -0.3 is 9.88 Å². The Morgan fingerprint density at radius 2 is 2.00 bits per heavy atom. The van der Waals surface area contributed by atoms with E-state index in [0.29, 0.717) is 6.04 Å². The molecule has 1 atom stereocenters. The molecule has 1 aromatic heterocycles. The van der Waals surface area contributed by atoms with Crippen LogP contribution in [0.2, 0.25) is 0 Å². The highest BCUT2D eigenvalue weighted by molar-refractivity contribution is 5.15. The first-order valence-corrected chi connectivity index (χ1v) is 7.98. The fraction of sp³-hybridized carbons (Fsp3) is 0.444. The summed E-state index contributed by atoms with van der Waals surface area (Å²) in [4.78, 5) is 2.55. The summed E-state index contributed by atoms with van der Waals surface area (Å²) in [6.45, 7) is 7.64. The van der Waals surface area contributed by atoms with E-state index in [9.17, 15) is 0 Å². The first kappa shape index (κ1) is 14.4. The molecule has 2 aromatic rings. The van der Waals surface area contributed by atoms with Gasteiger partial charge in [0.25, 0.3) is 0 Å². The number of nitrogens with one attached hydrogen (secondary N) is 1. The maximum Gasteiger partial charge on any atom is 0.0234 e. The predicted molar refractivity (Wildman–Crippen MR) is 87.1 cm³/mol. The fourth-order valence-corrected chi connectivity index (χ4v) is 3.04. The molecule has 0 saturated carbocycles. The summed E-state index contributed by atoms with van der Waals surface area (Å²) >= 11 is 0. The molecule has 0 spiro atoms. The molecule has 112 valence electrons. The van der Waals surface area contributed by atoms with Gasteiger partial charge in [0, 0.05) is 51.2 Å². The van der Waals surface area contributed by atoms with Crippen molar-refractivity contribution in [3.05, 3.63) is 59.9 Å². The average Bonchev–Trinajstić information content (AvgIpc) is 3.15. The molecule has 3 heteroatoms. The van der Waals surface area contributed by atoms with Gasteiger partial charge in [0.1, 0.15) is 0 Å². The summed E-state index contributed by atoms with van der Waals surface area (Å²) in [6.07, 6.45) is 5.65. The molecule has 0 radical (unpaired) electrons. The van der Waals surface area contributed by atoms with Gasteiger partial charge in [0.05, 0.1) is 0 Å². The van der Waals surface area contributed by atoms with Gasteiger partial charge in [-0.1, -0.05) is 30.3 Å². The van der Waals surface area contributed by atoms with E-state index < -0.39 is 0 Å². The number of aryl methyl sites for hydroxylation is 1. The van der Waals surface area contributed by atoms with Gasteiger partial charge in [0.2, 0.25) is 0 Å². The predicted octanol–water partition coefficient (Wildman–Crippen LogP) is 2.87. The first-order valence-electron chi connectivity index (χ1n) is 7.98. The molecule has 0 bridgehead atoms. The Kier molecular flexibility index (Phi) is 4.73. The highest BCUT2D eigenvalue weighted by atomic mass is 15.2. The van der Waals surface area contributed by atoms with E-state index in [1.807, 2.05) is 0 Å².